The molecule has 0 radical (unpaired) electrons. The van der Waals surface area contributed by atoms with Gasteiger partial charge < -0.3 is 29.8 Å². The van der Waals surface area contributed by atoms with E-state index in [1.165, 1.54) is 6.33 Å². The molecule has 0 aliphatic carbocycles. The van der Waals surface area contributed by atoms with Crippen molar-refractivity contribution in [3.05, 3.63) is 84.0 Å². The molecular formula is C41H56N12O7S2. The minimum absolute atomic E-state index is 0.00108. The monoisotopic (exact) mass is 892 g/mol. The summed E-state index contributed by atoms with van der Waals surface area (Å²) in [5, 5.41) is 6.60. The summed E-state index contributed by atoms with van der Waals surface area (Å²) < 4.78 is 72.2. The number of ether oxygens (including phenoxy) is 3. The number of hydrogen-bond donors (Lipinski definition) is 5. The van der Waals surface area contributed by atoms with Gasteiger partial charge in [-0.15, -0.1) is 0 Å². The summed E-state index contributed by atoms with van der Waals surface area (Å²) in [5.74, 6) is 3.57. The highest BCUT2D eigenvalue weighted by Crippen LogP contribution is 2.28. The predicted molar refractivity (Wildman–Crippen MR) is 237 cm³/mol. The highest BCUT2D eigenvalue weighted by atomic mass is 32.2. The Bertz CT molecular complexity index is 2600. The van der Waals surface area contributed by atoms with E-state index in [2.05, 4.69) is 55.0 Å². The highest BCUT2D eigenvalue weighted by Gasteiger charge is 2.22. The van der Waals surface area contributed by atoms with Crippen molar-refractivity contribution >= 4 is 54.0 Å². The van der Waals surface area contributed by atoms with Crippen LogP contribution in [0.25, 0.3) is 22.3 Å². The molecule has 1 fully saturated rings. The zero-order valence-electron chi connectivity index (χ0n) is 35.9. The van der Waals surface area contributed by atoms with Gasteiger partial charge in [-0.25, -0.2) is 56.2 Å². The molecule has 5 N–H and O–H groups in total. The third-order valence-corrected chi connectivity index (χ3v) is 12.9. The van der Waals surface area contributed by atoms with E-state index in [9.17, 15) is 16.8 Å². The van der Waals surface area contributed by atoms with Crippen molar-refractivity contribution in [3.8, 4) is 11.5 Å². The van der Waals surface area contributed by atoms with Crippen LogP contribution >= 0.6 is 0 Å². The zero-order valence-corrected chi connectivity index (χ0v) is 37.5. The molecule has 21 heteroatoms. The molecule has 1 aliphatic rings. The first-order chi connectivity index (χ1) is 29.7. The Hall–Kier alpha value is -5.48. The maximum absolute atomic E-state index is 12.4. The number of aromatic nitrogens is 8. The molecule has 334 valence electrons. The third-order valence-electron chi connectivity index (χ3n) is 9.51. The van der Waals surface area contributed by atoms with E-state index in [0.717, 1.165) is 41.9 Å². The largest absolute Gasteiger partial charge is 0.497 e. The van der Waals surface area contributed by atoms with Crippen molar-refractivity contribution in [1.82, 2.24) is 48.9 Å². The summed E-state index contributed by atoms with van der Waals surface area (Å²) in [4.78, 5) is 29.8. The topological polar surface area (TPSA) is 242 Å². The lowest BCUT2D eigenvalue weighted by Gasteiger charge is -2.24. The fraction of sp³-hybridized carbons (Fsp3) is 0.463. The van der Waals surface area contributed by atoms with Crippen molar-refractivity contribution in [3.63, 3.8) is 0 Å². The van der Waals surface area contributed by atoms with Gasteiger partial charge in [0.25, 0.3) is 0 Å². The SMILES string of the molecule is COc1ccc(CNc2nc(CNS(=O)(=O)CC(C)C)nc3c2ncn3C2CCCCO2)cc1.COc1ccc(CNc2nc(CNS(=O)(=O)CC(C)C)nc3nc[nH]c23)cc1. The van der Waals surface area contributed by atoms with Gasteiger partial charge in [0.1, 0.15) is 34.9 Å². The maximum atomic E-state index is 12.4. The van der Waals surface area contributed by atoms with Gasteiger partial charge in [-0.1, -0.05) is 52.0 Å². The standard InChI is InChI=1S/C23H32N6O4S.C18H24N6O3S/c1-16(2)14-34(30,31)26-13-19-27-22(24-12-17-7-9-18(32-3)10-8-17)21-23(28-19)29(15-25-21)20-6-4-5-11-33-20;1-12(2)10-28(25,26)22-9-15-23-17(16-18(24-15)21-11-20-16)19-8-13-4-6-14(27-3)7-5-13/h7-10,15-16,20,26H,4-6,11-14H2,1-3H3,(H,24,27,28);4-7,11-12,22H,8-10H2,1-3H3,(H2,19,20,21,23,24). The Balaban J connectivity index is 0.000000211. The second-order valence-corrected chi connectivity index (χ2v) is 19.3. The van der Waals surface area contributed by atoms with Crippen molar-refractivity contribution < 1.29 is 31.0 Å². The Kier molecular flexibility index (Phi) is 15.6. The lowest BCUT2D eigenvalue weighted by Crippen LogP contribution is -2.29. The van der Waals surface area contributed by atoms with Crippen LogP contribution in [0.3, 0.4) is 0 Å². The number of H-pyrrole nitrogens is 1. The highest BCUT2D eigenvalue weighted by molar-refractivity contribution is 7.89. The van der Waals surface area contributed by atoms with Crippen molar-refractivity contribution in [1.29, 1.82) is 0 Å². The summed E-state index contributed by atoms with van der Waals surface area (Å²) in [6, 6.07) is 15.4. The summed E-state index contributed by atoms with van der Waals surface area (Å²) in [5.41, 5.74) is 4.48. The number of rotatable bonds is 19. The number of nitrogens with one attached hydrogen (secondary N) is 5. The van der Waals surface area contributed by atoms with Gasteiger partial charge in [0.2, 0.25) is 20.0 Å². The summed E-state index contributed by atoms with van der Waals surface area (Å²) >= 11 is 0. The summed E-state index contributed by atoms with van der Waals surface area (Å²) in [6.45, 7) is 9.19. The minimum Gasteiger partial charge on any atom is -0.497 e. The number of sulfonamides is 2. The number of nitrogens with zero attached hydrogens (tertiary/aromatic N) is 7. The lowest BCUT2D eigenvalue weighted by atomic mass is 10.2. The van der Waals surface area contributed by atoms with Crippen molar-refractivity contribution in [2.75, 3.05) is 43.0 Å². The third kappa shape index (κ3) is 13.0. The first-order valence-corrected chi connectivity index (χ1v) is 23.7. The number of imidazole rings is 2. The quantitative estimate of drug-likeness (QED) is 0.0696. The molecule has 0 saturated carbocycles. The van der Waals surface area contributed by atoms with Crippen molar-refractivity contribution in [2.45, 2.75) is 79.4 Å². The molecule has 1 saturated heterocycles. The van der Waals surface area contributed by atoms with E-state index in [0.29, 0.717) is 65.3 Å². The summed E-state index contributed by atoms with van der Waals surface area (Å²) in [6.07, 6.45) is 6.09. The number of anilines is 2. The van der Waals surface area contributed by atoms with Crippen LogP contribution in [0.5, 0.6) is 11.5 Å². The molecule has 62 heavy (non-hydrogen) atoms. The molecule has 6 aromatic rings. The fourth-order valence-electron chi connectivity index (χ4n) is 6.61. The number of methoxy groups -OCH3 is 2. The molecule has 1 atom stereocenters. The Morgan fingerprint density at radius 3 is 1.81 bits per heavy atom. The van der Waals surface area contributed by atoms with Crippen LogP contribution in [-0.4, -0.2) is 88.6 Å². The normalized spacial score (nSPS) is 14.5. The van der Waals surface area contributed by atoms with Crippen LogP contribution in [0.2, 0.25) is 0 Å². The molecule has 1 aliphatic heterocycles. The predicted octanol–water partition coefficient (Wildman–Crippen LogP) is 5.27. The van der Waals surface area contributed by atoms with Crippen LogP contribution in [0.4, 0.5) is 11.6 Å². The van der Waals surface area contributed by atoms with Crippen LogP contribution in [0.15, 0.2) is 61.2 Å². The molecule has 5 heterocycles. The molecule has 0 amide bonds. The van der Waals surface area contributed by atoms with Gasteiger partial charge in [0.15, 0.2) is 28.4 Å². The van der Waals surface area contributed by atoms with Crippen molar-refractivity contribution in [2.24, 2.45) is 11.8 Å². The van der Waals surface area contributed by atoms with E-state index in [1.807, 2.05) is 80.8 Å². The van der Waals surface area contributed by atoms with E-state index < -0.39 is 20.0 Å². The average Bonchev–Trinajstić information content (AvgIpc) is 3.91. The van der Waals surface area contributed by atoms with E-state index >= 15 is 0 Å². The molecule has 0 spiro atoms. The molecule has 7 rings (SSSR count). The Labute approximate surface area is 362 Å². The van der Waals surface area contributed by atoms with E-state index in [4.69, 9.17) is 14.2 Å². The van der Waals surface area contributed by atoms with Gasteiger partial charge >= 0.3 is 0 Å². The molecular weight excluding hydrogens is 837 g/mol. The molecule has 0 bridgehead atoms. The van der Waals surface area contributed by atoms with E-state index in [1.54, 1.807) is 20.5 Å². The minimum atomic E-state index is -3.43. The molecule has 4 aromatic heterocycles. The molecule has 19 nitrogen and oxygen atoms in total. The van der Waals surface area contributed by atoms with Gasteiger partial charge in [0.05, 0.1) is 51.5 Å². The van der Waals surface area contributed by atoms with Crippen LogP contribution < -0.4 is 29.6 Å². The van der Waals surface area contributed by atoms with Crippen LogP contribution in [-0.2, 0) is 51.0 Å². The second-order valence-electron chi connectivity index (χ2n) is 15.6. The zero-order chi connectivity index (χ0) is 44.3. The first-order valence-electron chi connectivity index (χ1n) is 20.4. The molecule has 1 unspecified atom stereocenters. The first kappa shape index (κ1) is 46.0. The maximum Gasteiger partial charge on any atom is 0.212 e. The van der Waals surface area contributed by atoms with Crippen LogP contribution in [0.1, 0.15) is 76.0 Å². The summed E-state index contributed by atoms with van der Waals surface area (Å²) in [7, 11) is -3.56. The van der Waals surface area contributed by atoms with Gasteiger partial charge in [-0.05, 0) is 66.5 Å². The molecule has 2 aromatic carbocycles. The Morgan fingerprint density at radius 1 is 0.726 bits per heavy atom. The number of aromatic amines is 1. The van der Waals surface area contributed by atoms with E-state index in [-0.39, 0.29) is 42.7 Å². The number of benzene rings is 2. The fourth-order valence-corrected chi connectivity index (χ4v) is 9.29. The van der Waals surface area contributed by atoms with Crippen LogP contribution in [0, 0.1) is 11.8 Å². The van der Waals surface area contributed by atoms with Gasteiger partial charge in [-0.3, -0.25) is 4.57 Å². The van der Waals surface area contributed by atoms with Gasteiger partial charge in [-0.2, -0.15) is 0 Å². The van der Waals surface area contributed by atoms with Gasteiger partial charge in [0, 0.05) is 19.7 Å². The Morgan fingerprint density at radius 2 is 1.27 bits per heavy atom. The number of fused-ring (bicyclic) bond motifs is 2. The second kappa shape index (κ2) is 21.1. The average molecular weight is 893 g/mol. The lowest BCUT2D eigenvalue weighted by molar-refractivity contribution is -0.0298. The smallest absolute Gasteiger partial charge is 0.212 e. The number of hydrogen-bond acceptors (Lipinski definition) is 15.